The number of fused-ring (bicyclic) bond motifs is 1. The number of benzene rings is 1. The fraction of sp³-hybridized carbons (Fsp3) is 0.222. The predicted molar refractivity (Wildman–Crippen MR) is 102 cm³/mol. The summed E-state index contributed by atoms with van der Waals surface area (Å²) in [7, 11) is 0. The van der Waals surface area contributed by atoms with Crippen molar-refractivity contribution in [3.63, 3.8) is 0 Å². The minimum Gasteiger partial charge on any atom is -0.298 e. The highest BCUT2D eigenvalue weighted by molar-refractivity contribution is 14.1. The number of aldehydes is 1. The molecule has 0 amide bonds. The number of pyridine rings is 1. The first-order valence-electron chi connectivity index (χ1n) is 7.45. The van der Waals surface area contributed by atoms with Crippen molar-refractivity contribution in [2.45, 2.75) is 26.2 Å². The van der Waals surface area contributed by atoms with Crippen LogP contribution in [0.2, 0.25) is 0 Å². The Hall–Kier alpha value is -2.09. The molecule has 0 unspecified atom stereocenters. The quantitative estimate of drug-likeness (QED) is 0.459. The van der Waals surface area contributed by atoms with E-state index in [0.29, 0.717) is 17.2 Å². The number of rotatable bonds is 2. The Kier molecular flexibility index (Phi) is 4.25. The molecule has 0 fully saturated rings. The van der Waals surface area contributed by atoms with Crippen molar-refractivity contribution < 1.29 is 4.79 Å². The number of carbonyl (C=O) groups excluding carboxylic acids is 1. The lowest BCUT2D eigenvalue weighted by molar-refractivity contribution is 0.112. The molecule has 2 heterocycles. The lowest BCUT2D eigenvalue weighted by atomic mass is 9.86. The average Bonchev–Trinajstić information content (AvgIpc) is 2.54. The van der Waals surface area contributed by atoms with Gasteiger partial charge in [0.1, 0.15) is 0 Å². The van der Waals surface area contributed by atoms with Crippen LogP contribution in [0.15, 0.2) is 41.5 Å². The van der Waals surface area contributed by atoms with Crippen LogP contribution in [0.1, 0.15) is 36.7 Å². The topological polar surface area (TPSA) is 64.8 Å². The molecule has 24 heavy (non-hydrogen) atoms. The van der Waals surface area contributed by atoms with Crippen molar-refractivity contribution >= 4 is 39.6 Å². The summed E-state index contributed by atoms with van der Waals surface area (Å²) < 4.78 is 1.91. The molecule has 1 aromatic carbocycles. The Labute approximate surface area is 152 Å². The van der Waals surface area contributed by atoms with Crippen LogP contribution in [0.5, 0.6) is 0 Å². The number of aromatic nitrogens is 3. The molecule has 0 saturated carbocycles. The van der Waals surface area contributed by atoms with E-state index in [1.54, 1.807) is 18.5 Å². The molecule has 2 aromatic heterocycles. The molecule has 5 nitrogen and oxygen atoms in total. The van der Waals surface area contributed by atoms with E-state index in [4.69, 9.17) is 0 Å². The van der Waals surface area contributed by atoms with E-state index in [1.165, 1.54) is 4.68 Å². The molecule has 6 heteroatoms. The van der Waals surface area contributed by atoms with Gasteiger partial charge in [-0.25, -0.2) is 4.98 Å². The molecular formula is C18H16IN3O2. The Balaban J connectivity index is 2.26. The van der Waals surface area contributed by atoms with Gasteiger partial charge in [-0.1, -0.05) is 26.8 Å². The summed E-state index contributed by atoms with van der Waals surface area (Å²) in [5, 5.41) is 5.56. The third kappa shape index (κ3) is 2.86. The van der Waals surface area contributed by atoms with Gasteiger partial charge in [-0.2, -0.15) is 9.78 Å². The Morgan fingerprint density at radius 3 is 2.62 bits per heavy atom. The molecule has 0 radical (unpaired) electrons. The molecule has 0 aliphatic carbocycles. The lowest BCUT2D eigenvalue weighted by Crippen LogP contribution is -2.24. The number of nitrogens with zero attached hydrogens (tertiary/aromatic N) is 3. The van der Waals surface area contributed by atoms with Gasteiger partial charge < -0.3 is 0 Å². The molecule has 0 saturated heterocycles. The summed E-state index contributed by atoms with van der Waals surface area (Å²) in [4.78, 5) is 28.3. The molecule has 0 aliphatic heterocycles. The van der Waals surface area contributed by atoms with Crippen LogP contribution in [0.3, 0.4) is 0 Å². The number of carbonyl (C=O) groups is 1. The summed E-state index contributed by atoms with van der Waals surface area (Å²) >= 11 is 2.04. The van der Waals surface area contributed by atoms with Crippen molar-refractivity contribution in [2.24, 2.45) is 0 Å². The second-order valence-corrected chi connectivity index (χ2v) is 7.72. The lowest BCUT2D eigenvalue weighted by Gasteiger charge is -2.19. The standard InChI is InChI=1S/C18H16IN3O2/c1-18(2,3)12-4-5-13-11(8-12)9-21-22(17(13)24)16-14(10-23)15(19)6-7-20-16/h4-10H,1-3H3. The van der Waals surface area contributed by atoms with E-state index in [2.05, 4.69) is 30.9 Å². The maximum Gasteiger partial charge on any atom is 0.280 e. The SMILES string of the molecule is CC(C)(C)c1ccc2c(=O)n(-c3nccc(I)c3C=O)ncc2c1. The van der Waals surface area contributed by atoms with Crippen molar-refractivity contribution in [1.29, 1.82) is 0 Å². The summed E-state index contributed by atoms with van der Waals surface area (Å²) in [6, 6.07) is 7.47. The highest BCUT2D eigenvalue weighted by Crippen LogP contribution is 2.25. The molecule has 0 aliphatic rings. The highest BCUT2D eigenvalue weighted by Gasteiger charge is 2.17. The van der Waals surface area contributed by atoms with Gasteiger partial charge in [-0.3, -0.25) is 9.59 Å². The van der Waals surface area contributed by atoms with Crippen LogP contribution in [0.4, 0.5) is 0 Å². The fourth-order valence-electron chi connectivity index (χ4n) is 2.49. The second-order valence-electron chi connectivity index (χ2n) is 6.56. The summed E-state index contributed by atoms with van der Waals surface area (Å²) in [6.45, 7) is 6.36. The maximum absolute atomic E-state index is 12.8. The third-order valence-corrected chi connectivity index (χ3v) is 4.83. The molecule has 3 rings (SSSR count). The van der Waals surface area contributed by atoms with E-state index < -0.39 is 0 Å². The van der Waals surface area contributed by atoms with Crippen LogP contribution >= 0.6 is 22.6 Å². The third-order valence-electron chi connectivity index (χ3n) is 3.89. The smallest absolute Gasteiger partial charge is 0.280 e. The summed E-state index contributed by atoms with van der Waals surface area (Å²) in [6.07, 6.45) is 3.90. The van der Waals surface area contributed by atoms with Crippen LogP contribution in [-0.2, 0) is 5.41 Å². The Morgan fingerprint density at radius 1 is 1.21 bits per heavy atom. The van der Waals surface area contributed by atoms with Gasteiger partial charge in [0.05, 0.1) is 17.1 Å². The van der Waals surface area contributed by atoms with Crippen LogP contribution in [0, 0.1) is 3.57 Å². The molecule has 0 bridgehead atoms. The van der Waals surface area contributed by atoms with Crippen molar-refractivity contribution in [2.75, 3.05) is 0 Å². The summed E-state index contributed by atoms with van der Waals surface area (Å²) in [5.74, 6) is 0.253. The Bertz CT molecular complexity index is 1000. The van der Waals surface area contributed by atoms with Gasteiger partial charge >= 0.3 is 0 Å². The number of hydrogen-bond donors (Lipinski definition) is 0. The van der Waals surface area contributed by atoms with E-state index >= 15 is 0 Å². The molecule has 3 aromatic rings. The van der Waals surface area contributed by atoms with Gasteiger partial charge in [-0.05, 0) is 51.8 Å². The first kappa shape index (κ1) is 16.8. The predicted octanol–water partition coefficient (Wildman–Crippen LogP) is 3.50. The largest absolute Gasteiger partial charge is 0.298 e. The zero-order valence-corrected chi connectivity index (χ0v) is 15.7. The van der Waals surface area contributed by atoms with Gasteiger partial charge in [-0.15, -0.1) is 0 Å². The Morgan fingerprint density at radius 2 is 1.96 bits per heavy atom. The minimum absolute atomic E-state index is 0.00909. The van der Waals surface area contributed by atoms with Crippen molar-refractivity contribution in [3.05, 3.63) is 61.7 Å². The second kappa shape index (κ2) is 6.08. The summed E-state index contributed by atoms with van der Waals surface area (Å²) in [5.41, 5.74) is 1.20. The van der Waals surface area contributed by atoms with Crippen molar-refractivity contribution in [1.82, 2.24) is 14.8 Å². The normalized spacial score (nSPS) is 11.7. The van der Waals surface area contributed by atoms with Crippen LogP contribution in [-0.4, -0.2) is 21.1 Å². The van der Waals surface area contributed by atoms with E-state index in [0.717, 1.165) is 14.5 Å². The zero-order valence-electron chi connectivity index (χ0n) is 13.6. The molecule has 0 N–H and O–H groups in total. The number of halogens is 1. The van der Waals surface area contributed by atoms with E-state index in [-0.39, 0.29) is 16.8 Å². The number of hydrogen-bond acceptors (Lipinski definition) is 4. The monoisotopic (exact) mass is 433 g/mol. The van der Waals surface area contributed by atoms with Gasteiger partial charge in [0.15, 0.2) is 12.1 Å². The van der Waals surface area contributed by atoms with Gasteiger partial charge in [0.2, 0.25) is 0 Å². The molecule has 0 spiro atoms. The minimum atomic E-state index is -0.287. The first-order valence-corrected chi connectivity index (χ1v) is 8.53. The zero-order chi connectivity index (χ0) is 17.5. The maximum atomic E-state index is 12.8. The van der Waals surface area contributed by atoms with Gasteiger partial charge in [0, 0.05) is 15.2 Å². The van der Waals surface area contributed by atoms with Crippen LogP contribution in [0.25, 0.3) is 16.6 Å². The molecular weight excluding hydrogens is 417 g/mol. The van der Waals surface area contributed by atoms with E-state index in [9.17, 15) is 9.59 Å². The molecule has 0 atom stereocenters. The average molecular weight is 433 g/mol. The molecule has 122 valence electrons. The van der Waals surface area contributed by atoms with Gasteiger partial charge in [0.25, 0.3) is 5.56 Å². The fourth-order valence-corrected chi connectivity index (χ4v) is 3.01. The van der Waals surface area contributed by atoms with Crippen LogP contribution < -0.4 is 5.56 Å². The highest BCUT2D eigenvalue weighted by atomic mass is 127. The van der Waals surface area contributed by atoms with Crippen molar-refractivity contribution in [3.8, 4) is 5.82 Å². The first-order chi connectivity index (χ1) is 11.3. The van der Waals surface area contributed by atoms with E-state index in [1.807, 2.05) is 40.8 Å².